The summed E-state index contributed by atoms with van der Waals surface area (Å²) >= 11 is 12.0. The minimum atomic E-state index is -0.444. The lowest BCUT2D eigenvalue weighted by molar-refractivity contribution is -0.124. The normalized spacial score (nSPS) is 21.2. The Morgan fingerprint density at radius 3 is 2.47 bits per heavy atom. The number of hydrogen-bond donors (Lipinski definition) is 2. The number of amides is 1. The number of carbonyl (C=O) groups is 1. The number of benzene rings is 1. The van der Waals surface area contributed by atoms with Gasteiger partial charge in [-0.2, -0.15) is 0 Å². The number of nitrogens with one attached hydrogen (secondary N) is 2. The Kier molecular flexibility index (Phi) is 3.14. The van der Waals surface area contributed by atoms with E-state index < -0.39 is 6.04 Å². The zero-order chi connectivity index (χ0) is 10.8. The minimum absolute atomic E-state index is 0.0868. The largest absolute Gasteiger partial charge is 0.353 e. The smallest absolute Gasteiger partial charge is 0.241 e. The van der Waals surface area contributed by atoms with Crippen LogP contribution in [0.5, 0.6) is 0 Å². The molecule has 0 radical (unpaired) electrons. The van der Waals surface area contributed by atoms with Crippen molar-refractivity contribution in [2.75, 3.05) is 13.1 Å². The fraction of sp³-hybridized carbons (Fsp3) is 0.300. The summed E-state index contributed by atoms with van der Waals surface area (Å²) in [5.74, 6) is -0.0868. The molecule has 0 saturated carbocycles. The van der Waals surface area contributed by atoms with Crippen LogP contribution in [0.2, 0.25) is 10.0 Å². The first-order chi connectivity index (χ1) is 7.20. The van der Waals surface area contributed by atoms with Gasteiger partial charge in [0.1, 0.15) is 6.04 Å². The maximum Gasteiger partial charge on any atom is 0.241 e. The fourth-order valence-electron chi connectivity index (χ4n) is 1.62. The van der Waals surface area contributed by atoms with Crippen molar-refractivity contribution in [1.82, 2.24) is 10.6 Å². The summed E-state index contributed by atoms with van der Waals surface area (Å²) in [7, 11) is 0. The Morgan fingerprint density at radius 1 is 1.20 bits per heavy atom. The molecule has 1 atom stereocenters. The van der Waals surface area contributed by atoms with E-state index >= 15 is 0 Å². The Labute approximate surface area is 97.8 Å². The highest BCUT2D eigenvalue weighted by atomic mass is 35.5. The Bertz CT molecular complexity index is 375. The minimum Gasteiger partial charge on any atom is -0.353 e. The van der Waals surface area contributed by atoms with Crippen molar-refractivity contribution in [3.05, 3.63) is 33.8 Å². The average Bonchev–Trinajstić information content (AvgIpc) is 2.20. The highest BCUT2D eigenvalue weighted by Crippen LogP contribution is 2.30. The second-order valence-corrected chi connectivity index (χ2v) is 4.13. The van der Waals surface area contributed by atoms with Crippen LogP contribution in [0.3, 0.4) is 0 Å². The number of piperazine rings is 1. The second-order valence-electron chi connectivity index (χ2n) is 3.31. The van der Waals surface area contributed by atoms with Crippen molar-refractivity contribution < 1.29 is 4.79 Å². The summed E-state index contributed by atoms with van der Waals surface area (Å²) in [6.07, 6.45) is 0. The molecular weight excluding hydrogens is 235 g/mol. The Morgan fingerprint density at radius 2 is 1.87 bits per heavy atom. The Hall–Kier alpha value is -0.770. The molecule has 80 valence electrons. The van der Waals surface area contributed by atoms with Gasteiger partial charge in [0.25, 0.3) is 0 Å². The maximum absolute atomic E-state index is 11.6. The third-order valence-corrected chi connectivity index (χ3v) is 2.98. The van der Waals surface area contributed by atoms with Gasteiger partial charge in [-0.3, -0.25) is 4.79 Å². The molecule has 1 aromatic rings. The van der Waals surface area contributed by atoms with E-state index in [1.807, 2.05) is 0 Å². The van der Waals surface area contributed by atoms with Crippen LogP contribution in [0.15, 0.2) is 18.2 Å². The van der Waals surface area contributed by atoms with Crippen LogP contribution in [0.4, 0.5) is 0 Å². The summed E-state index contributed by atoms with van der Waals surface area (Å²) in [6.45, 7) is 1.36. The molecule has 1 aromatic carbocycles. The molecular formula is C10H10Cl2N2O. The first kappa shape index (κ1) is 10.7. The van der Waals surface area contributed by atoms with Gasteiger partial charge in [-0.25, -0.2) is 0 Å². The molecule has 3 nitrogen and oxygen atoms in total. The van der Waals surface area contributed by atoms with E-state index in [0.717, 1.165) is 6.54 Å². The van der Waals surface area contributed by atoms with Gasteiger partial charge in [0, 0.05) is 28.7 Å². The van der Waals surface area contributed by atoms with Crippen molar-refractivity contribution >= 4 is 29.1 Å². The molecule has 15 heavy (non-hydrogen) atoms. The first-order valence-corrected chi connectivity index (χ1v) is 5.41. The zero-order valence-corrected chi connectivity index (χ0v) is 9.40. The summed E-state index contributed by atoms with van der Waals surface area (Å²) < 4.78 is 0. The molecule has 0 bridgehead atoms. The van der Waals surface area contributed by atoms with E-state index in [-0.39, 0.29) is 5.91 Å². The molecule has 1 amide bonds. The predicted octanol–water partition coefficient (Wildman–Crippen LogP) is 1.75. The first-order valence-electron chi connectivity index (χ1n) is 4.65. The number of halogens is 2. The molecule has 0 aromatic heterocycles. The van der Waals surface area contributed by atoms with Gasteiger partial charge in [0.15, 0.2) is 0 Å². The second kappa shape index (κ2) is 4.39. The monoisotopic (exact) mass is 244 g/mol. The van der Waals surface area contributed by atoms with Gasteiger partial charge in [0.05, 0.1) is 0 Å². The lowest BCUT2D eigenvalue weighted by Crippen LogP contribution is -2.47. The summed E-state index contributed by atoms with van der Waals surface area (Å²) in [6, 6.07) is 4.77. The van der Waals surface area contributed by atoms with E-state index in [9.17, 15) is 4.79 Å². The molecule has 2 rings (SSSR count). The summed E-state index contributed by atoms with van der Waals surface area (Å²) in [5, 5.41) is 6.87. The lowest BCUT2D eigenvalue weighted by atomic mass is 10.0. The van der Waals surface area contributed by atoms with Crippen LogP contribution in [-0.4, -0.2) is 19.0 Å². The molecule has 1 heterocycles. The molecule has 1 fully saturated rings. The SMILES string of the molecule is O=C1NCCN[C@@H]1c1c(Cl)cccc1Cl. The van der Waals surface area contributed by atoms with Crippen molar-refractivity contribution in [1.29, 1.82) is 0 Å². The van der Waals surface area contributed by atoms with Crippen molar-refractivity contribution in [2.24, 2.45) is 0 Å². The third kappa shape index (κ3) is 2.09. The molecule has 1 saturated heterocycles. The van der Waals surface area contributed by atoms with Crippen LogP contribution in [0.1, 0.15) is 11.6 Å². The predicted molar refractivity (Wildman–Crippen MR) is 60.2 cm³/mol. The standard InChI is InChI=1S/C10H10Cl2N2O/c11-6-2-1-3-7(12)8(6)9-10(15)14-5-4-13-9/h1-3,9,13H,4-5H2,(H,14,15)/t9-/m1/s1. The number of carbonyl (C=O) groups excluding carboxylic acids is 1. The molecule has 2 N–H and O–H groups in total. The topological polar surface area (TPSA) is 41.1 Å². The highest BCUT2D eigenvalue weighted by Gasteiger charge is 2.26. The van der Waals surface area contributed by atoms with Gasteiger partial charge in [0.2, 0.25) is 5.91 Å². The van der Waals surface area contributed by atoms with Gasteiger partial charge in [-0.1, -0.05) is 29.3 Å². The third-order valence-electron chi connectivity index (χ3n) is 2.32. The van der Waals surface area contributed by atoms with Gasteiger partial charge < -0.3 is 10.6 Å². The van der Waals surface area contributed by atoms with Gasteiger partial charge in [-0.05, 0) is 12.1 Å². The van der Waals surface area contributed by atoms with E-state index in [1.165, 1.54) is 0 Å². The van der Waals surface area contributed by atoms with Gasteiger partial charge >= 0.3 is 0 Å². The van der Waals surface area contributed by atoms with E-state index in [2.05, 4.69) is 10.6 Å². The Balaban J connectivity index is 2.39. The maximum atomic E-state index is 11.6. The molecule has 5 heteroatoms. The summed E-state index contributed by atoms with van der Waals surface area (Å²) in [5.41, 5.74) is 0.651. The molecule has 0 aliphatic carbocycles. The van der Waals surface area contributed by atoms with Crippen LogP contribution >= 0.6 is 23.2 Å². The van der Waals surface area contributed by atoms with Crippen LogP contribution in [-0.2, 0) is 4.79 Å². The van der Waals surface area contributed by atoms with Crippen molar-refractivity contribution in [2.45, 2.75) is 6.04 Å². The highest BCUT2D eigenvalue weighted by molar-refractivity contribution is 6.36. The zero-order valence-electron chi connectivity index (χ0n) is 7.89. The van der Waals surface area contributed by atoms with Gasteiger partial charge in [-0.15, -0.1) is 0 Å². The average molecular weight is 245 g/mol. The van der Waals surface area contributed by atoms with Crippen molar-refractivity contribution in [3.63, 3.8) is 0 Å². The molecule has 0 unspecified atom stereocenters. The fourth-order valence-corrected chi connectivity index (χ4v) is 2.23. The van der Waals surface area contributed by atoms with E-state index in [0.29, 0.717) is 22.2 Å². The lowest BCUT2D eigenvalue weighted by Gasteiger charge is -2.25. The van der Waals surface area contributed by atoms with Crippen LogP contribution in [0.25, 0.3) is 0 Å². The van der Waals surface area contributed by atoms with E-state index in [4.69, 9.17) is 23.2 Å². The van der Waals surface area contributed by atoms with E-state index in [1.54, 1.807) is 18.2 Å². The van der Waals surface area contributed by atoms with Crippen LogP contribution in [0, 0.1) is 0 Å². The number of rotatable bonds is 1. The molecule has 1 aliphatic rings. The van der Waals surface area contributed by atoms with Crippen LogP contribution < -0.4 is 10.6 Å². The molecule has 0 spiro atoms. The molecule has 1 aliphatic heterocycles. The number of hydrogen-bond acceptors (Lipinski definition) is 2. The summed E-state index contributed by atoms with van der Waals surface area (Å²) in [4.78, 5) is 11.6. The quantitative estimate of drug-likeness (QED) is 0.791. The van der Waals surface area contributed by atoms with Crippen molar-refractivity contribution in [3.8, 4) is 0 Å².